The van der Waals surface area contributed by atoms with Gasteiger partial charge in [0.05, 0.1) is 11.8 Å². The maximum atomic E-state index is 13.6. The van der Waals surface area contributed by atoms with Gasteiger partial charge in [-0.15, -0.1) is 0 Å². The van der Waals surface area contributed by atoms with Gasteiger partial charge < -0.3 is 9.64 Å². The van der Waals surface area contributed by atoms with Crippen molar-refractivity contribution in [1.82, 2.24) is 9.88 Å². The Morgan fingerprint density at radius 3 is 2.40 bits per heavy atom. The second-order valence-corrected chi connectivity index (χ2v) is 8.54. The van der Waals surface area contributed by atoms with Crippen molar-refractivity contribution in [2.75, 3.05) is 38.2 Å². The maximum Gasteiger partial charge on any atom is 0.260 e. The first-order chi connectivity index (χ1) is 14.4. The van der Waals surface area contributed by atoms with Gasteiger partial charge in [0.15, 0.2) is 5.13 Å². The van der Waals surface area contributed by atoms with Gasteiger partial charge in [-0.1, -0.05) is 48.9 Å². The first-order valence-electron chi connectivity index (χ1n) is 10.4. The van der Waals surface area contributed by atoms with Crippen LogP contribution in [0.15, 0.2) is 30.3 Å². The maximum absolute atomic E-state index is 13.6. The summed E-state index contributed by atoms with van der Waals surface area (Å²) in [6.07, 6.45) is 0. The van der Waals surface area contributed by atoms with Crippen LogP contribution in [-0.4, -0.2) is 49.1 Å². The molecular weight excluding hydrogens is 394 g/mol. The number of benzene rings is 2. The van der Waals surface area contributed by atoms with E-state index in [1.54, 1.807) is 18.4 Å². The van der Waals surface area contributed by atoms with Crippen LogP contribution in [0.5, 0.6) is 5.75 Å². The highest BCUT2D eigenvalue weighted by molar-refractivity contribution is 7.22. The van der Waals surface area contributed by atoms with E-state index < -0.39 is 0 Å². The third-order valence-electron chi connectivity index (χ3n) is 5.53. The van der Waals surface area contributed by atoms with Crippen molar-refractivity contribution in [3.8, 4) is 5.75 Å². The Morgan fingerprint density at radius 2 is 1.77 bits per heavy atom. The number of anilines is 1. The standard InChI is InChI=1S/C24H31N3O2S/c1-7-26(8-2)13-14-27(23(28)19-11-9-16(3)15-18(19)5)24-25-21-20(29-6)12-10-17(4)22(21)30-24/h9-12,15H,7-8,13-14H2,1-6H3. The van der Waals surface area contributed by atoms with Gasteiger partial charge in [0.1, 0.15) is 11.3 Å². The molecule has 1 heterocycles. The molecule has 0 fully saturated rings. The smallest absolute Gasteiger partial charge is 0.260 e. The summed E-state index contributed by atoms with van der Waals surface area (Å²) in [6, 6.07) is 9.95. The van der Waals surface area contributed by atoms with E-state index in [2.05, 4.69) is 31.7 Å². The Morgan fingerprint density at radius 1 is 1.03 bits per heavy atom. The van der Waals surface area contributed by atoms with Crippen molar-refractivity contribution >= 4 is 32.6 Å². The van der Waals surface area contributed by atoms with E-state index in [0.29, 0.717) is 6.54 Å². The van der Waals surface area contributed by atoms with Gasteiger partial charge in [0.2, 0.25) is 0 Å². The van der Waals surface area contributed by atoms with Crippen molar-refractivity contribution in [2.45, 2.75) is 34.6 Å². The van der Waals surface area contributed by atoms with Crippen LogP contribution in [0.3, 0.4) is 0 Å². The highest BCUT2D eigenvalue weighted by atomic mass is 32.1. The van der Waals surface area contributed by atoms with Crippen LogP contribution in [0.25, 0.3) is 10.2 Å². The SMILES string of the molecule is CCN(CC)CCN(C(=O)c1ccc(C)cc1C)c1nc2c(OC)ccc(C)c2s1. The minimum absolute atomic E-state index is 0.00432. The van der Waals surface area contributed by atoms with Crippen LogP contribution in [0.1, 0.15) is 40.9 Å². The first kappa shape index (κ1) is 22.2. The number of rotatable bonds is 8. The Labute approximate surface area is 183 Å². The molecule has 0 unspecified atom stereocenters. The molecule has 1 aromatic heterocycles. The van der Waals surface area contributed by atoms with Gasteiger partial charge in [0, 0.05) is 18.7 Å². The highest BCUT2D eigenvalue weighted by Crippen LogP contribution is 2.37. The molecule has 30 heavy (non-hydrogen) atoms. The Bertz CT molecular complexity index is 1040. The van der Waals surface area contributed by atoms with Gasteiger partial charge >= 0.3 is 0 Å². The van der Waals surface area contributed by atoms with E-state index in [-0.39, 0.29) is 5.91 Å². The molecule has 0 aliphatic carbocycles. The Kier molecular flexibility index (Phi) is 7.10. The summed E-state index contributed by atoms with van der Waals surface area (Å²) >= 11 is 1.56. The molecule has 0 aliphatic heterocycles. The number of aryl methyl sites for hydroxylation is 3. The van der Waals surface area contributed by atoms with E-state index >= 15 is 0 Å². The van der Waals surface area contributed by atoms with E-state index in [9.17, 15) is 4.79 Å². The molecule has 2 aromatic carbocycles. The molecule has 1 amide bonds. The molecule has 5 nitrogen and oxygen atoms in total. The van der Waals surface area contributed by atoms with Gasteiger partial charge in [-0.2, -0.15) is 0 Å². The molecule has 6 heteroatoms. The normalized spacial score (nSPS) is 11.3. The Hall–Kier alpha value is -2.44. The number of nitrogens with zero attached hydrogens (tertiary/aromatic N) is 3. The number of carbonyl (C=O) groups is 1. The minimum atomic E-state index is -0.00432. The third-order valence-corrected chi connectivity index (χ3v) is 6.75. The van der Waals surface area contributed by atoms with Crippen LogP contribution in [0.2, 0.25) is 0 Å². The van der Waals surface area contributed by atoms with Gasteiger partial charge in [-0.25, -0.2) is 4.98 Å². The minimum Gasteiger partial charge on any atom is -0.494 e. The second kappa shape index (κ2) is 9.58. The fourth-order valence-electron chi connectivity index (χ4n) is 3.64. The number of hydrogen-bond donors (Lipinski definition) is 0. The lowest BCUT2D eigenvalue weighted by Gasteiger charge is -2.25. The van der Waals surface area contributed by atoms with Crippen molar-refractivity contribution in [2.24, 2.45) is 0 Å². The lowest BCUT2D eigenvalue weighted by molar-refractivity contribution is 0.0983. The van der Waals surface area contributed by atoms with Crippen LogP contribution >= 0.6 is 11.3 Å². The van der Waals surface area contributed by atoms with Crippen LogP contribution in [-0.2, 0) is 0 Å². The second-order valence-electron chi connectivity index (χ2n) is 7.56. The number of ether oxygens (including phenoxy) is 1. The van der Waals surface area contributed by atoms with Gasteiger partial charge in [0.25, 0.3) is 5.91 Å². The third kappa shape index (κ3) is 4.50. The zero-order valence-electron chi connectivity index (χ0n) is 18.8. The molecule has 0 saturated carbocycles. The number of fused-ring (bicyclic) bond motifs is 1. The summed E-state index contributed by atoms with van der Waals surface area (Å²) < 4.78 is 6.58. The number of thiazole rings is 1. The molecule has 0 aliphatic rings. The summed E-state index contributed by atoms with van der Waals surface area (Å²) in [4.78, 5) is 22.6. The summed E-state index contributed by atoms with van der Waals surface area (Å²) in [5, 5.41) is 0.717. The number of likely N-dealkylation sites (N-methyl/N-ethyl adjacent to an activating group) is 1. The summed E-state index contributed by atoms with van der Waals surface area (Å²) in [7, 11) is 1.65. The molecule has 0 saturated heterocycles. The monoisotopic (exact) mass is 425 g/mol. The summed E-state index contributed by atoms with van der Waals surface area (Å²) in [5.74, 6) is 0.732. The molecule has 0 atom stereocenters. The predicted molar refractivity (Wildman–Crippen MR) is 126 cm³/mol. The number of hydrogen-bond acceptors (Lipinski definition) is 5. The highest BCUT2D eigenvalue weighted by Gasteiger charge is 2.24. The predicted octanol–water partition coefficient (Wildman–Crippen LogP) is 5.22. The number of methoxy groups -OCH3 is 1. The van der Waals surface area contributed by atoms with Gasteiger partial charge in [-0.3, -0.25) is 9.69 Å². The molecule has 3 aromatic rings. The molecule has 0 bridgehead atoms. The summed E-state index contributed by atoms with van der Waals surface area (Å²) in [6.45, 7) is 13.7. The Balaban J connectivity index is 2.06. The van der Waals surface area contributed by atoms with Crippen LogP contribution in [0.4, 0.5) is 5.13 Å². The van der Waals surface area contributed by atoms with Crippen molar-refractivity contribution < 1.29 is 9.53 Å². The fourth-order valence-corrected chi connectivity index (χ4v) is 4.72. The number of aromatic nitrogens is 1. The topological polar surface area (TPSA) is 45.7 Å². The van der Waals surface area contributed by atoms with Gasteiger partial charge in [-0.05, 0) is 57.1 Å². The van der Waals surface area contributed by atoms with Crippen molar-refractivity contribution in [3.63, 3.8) is 0 Å². The van der Waals surface area contributed by atoms with Crippen molar-refractivity contribution in [1.29, 1.82) is 0 Å². The fraction of sp³-hybridized carbons (Fsp3) is 0.417. The van der Waals surface area contributed by atoms with E-state index in [4.69, 9.17) is 9.72 Å². The van der Waals surface area contributed by atoms with Crippen LogP contribution < -0.4 is 9.64 Å². The van der Waals surface area contributed by atoms with E-state index in [1.165, 1.54) is 0 Å². The lowest BCUT2D eigenvalue weighted by Crippen LogP contribution is -2.39. The van der Waals surface area contributed by atoms with E-state index in [0.717, 1.165) is 63.0 Å². The zero-order chi connectivity index (χ0) is 21.8. The zero-order valence-corrected chi connectivity index (χ0v) is 19.6. The lowest BCUT2D eigenvalue weighted by atomic mass is 10.0. The molecule has 160 valence electrons. The average Bonchev–Trinajstić information content (AvgIpc) is 3.17. The average molecular weight is 426 g/mol. The number of amides is 1. The first-order valence-corrected chi connectivity index (χ1v) is 11.3. The number of carbonyl (C=O) groups excluding carboxylic acids is 1. The quantitative estimate of drug-likeness (QED) is 0.496. The molecule has 0 radical (unpaired) electrons. The molecular formula is C24H31N3O2S. The molecule has 0 N–H and O–H groups in total. The molecule has 0 spiro atoms. The van der Waals surface area contributed by atoms with Crippen LogP contribution in [0, 0.1) is 20.8 Å². The van der Waals surface area contributed by atoms with Crippen molar-refractivity contribution in [3.05, 3.63) is 52.6 Å². The largest absolute Gasteiger partial charge is 0.494 e. The molecule has 3 rings (SSSR count). The summed E-state index contributed by atoms with van der Waals surface area (Å²) in [5.41, 5.74) is 4.82. The van der Waals surface area contributed by atoms with E-state index in [1.807, 2.05) is 43.0 Å².